The molecule has 5 rings (SSSR count). The summed E-state index contributed by atoms with van der Waals surface area (Å²) in [5.74, 6) is 2.69. The molecule has 1 aromatic heterocycles. The first-order chi connectivity index (χ1) is 12.2. The van der Waals surface area contributed by atoms with Crippen LogP contribution in [0.1, 0.15) is 16.7 Å². The molecule has 0 fully saturated rings. The summed E-state index contributed by atoms with van der Waals surface area (Å²) in [6, 6.07) is 12.5. The number of anilines is 1. The molecule has 2 aliphatic heterocycles. The number of hydrogen-bond donors (Lipinski definition) is 1. The number of aryl methyl sites for hydroxylation is 2. The van der Waals surface area contributed by atoms with E-state index in [1.54, 1.807) is 0 Å². The van der Waals surface area contributed by atoms with Crippen molar-refractivity contribution in [2.24, 2.45) is 0 Å². The Labute approximate surface area is 146 Å². The van der Waals surface area contributed by atoms with Crippen LogP contribution in [0, 0.1) is 13.8 Å². The first-order valence-corrected chi connectivity index (χ1v) is 8.54. The molecule has 0 radical (unpaired) electrons. The summed E-state index contributed by atoms with van der Waals surface area (Å²) in [7, 11) is 0. The van der Waals surface area contributed by atoms with Gasteiger partial charge in [0.1, 0.15) is 5.82 Å². The molecule has 2 aromatic carbocycles. The quantitative estimate of drug-likeness (QED) is 0.774. The van der Waals surface area contributed by atoms with Gasteiger partial charge >= 0.3 is 0 Å². The highest BCUT2D eigenvalue weighted by Crippen LogP contribution is 2.40. The van der Waals surface area contributed by atoms with Gasteiger partial charge in [0.05, 0.1) is 11.4 Å². The molecule has 0 bridgehead atoms. The molecule has 0 saturated carbocycles. The van der Waals surface area contributed by atoms with E-state index in [1.807, 2.05) is 16.8 Å². The lowest BCUT2D eigenvalue weighted by Crippen LogP contribution is -2.06. The molecule has 25 heavy (non-hydrogen) atoms. The van der Waals surface area contributed by atoms with Gasteiger partial charge in [-0.05, 0) is 55.7 Å². The Balaban J connectivity index is 1.69. The van der Waals surface area contributed by atoms with Crippen molar-refractivity contribution in [3.8, 4) is 28.4 Å². The summed E-state index contributed by atoms with van der Waals surface area (Å²) in [6.45, 7) is 5.46. The maximum atomic E-state index is 5.53. The Kier molecular flexibility index (Phi) is 3.04. The summed E-state index contributed by atoms with van der Waals surface area (Å²) in [5.41, 5.74) is 6.90. The number of aromatic nitrogens is 2. The minimum atomic E-state index is 0.287. The number of nitrogens with zero attached hydrogens (tertiary/aromatic N) is 2. The van der Waals surface area contributed by atoms with Crippen molar-refractivity contribution in [2.45, 2.75) is 20.3 Å². The molecule has 0 spiro atoms. The summed E-state index contributed by atoms with van der Waals surface area (Å²) >= 11 is 0. The van der Waals surface area contributed by atoms with Gasteiger partial charge in [-0.15, -0.1) is 0 Å². The van der Waals surface area contributed by atoms with E-state index in [4.69, 9.17) is 14.6 Å². The van der Waals surface area contributed by atoms with Crippen LogP contribution >= 0.6 is 0 Å². The van der Waals surface area contributed by atoms with Gasteiger partial charge in [-0.1, -0.05) is 12.1 Å². The maximum Gasteiger partial charge on any atom is 0.231 e. The number of rotatable bonds is 2. The second-order valence-electron chi connectivity index (χ2n) is 6.62. The van der Waals surface area contributed by atoms with Crippen molar-refractivity contribution < 1.29 is 9.47 Å². The summed E-state index contributed by atoms with van der Waals surface area (Å²) in [5, 5.41) is 8.46. The zero-order valence-corrected chi connectivity index (χ0v) is 14.3. The van der Waals surface area contributed by atoms with E-state index in [-0.39, 0.29) is 6.79 Å². The van der Waals surface area contributed by atoms with Crippen LogP contribution in [0.15, 0.2) is 36.4 Å². The lowest BCUT2D eigenvalue weighted by molar-refractivity contribution is 0.174. The number of fused-ring (bicyclic) bond motifs is 2. The maximum absolute atomic E-state index is 5.53. The Morgan fingerprint density at radius 3 is 2.84 bits per heavy atom. The molecule has 0 unspecified atom stereocenters. The van der Waals surface area contributed by atoms with Crippen molar-refractivity contribution in [3.63, 3.8) is 0 Å². The highest BCUT2D eigenvalue weighted by Gasteiger charge is 2.25. The SMILES string of the molecule is Cc1ccc(C)c(-n2nc(-c3ccc4c(c3)OCO4)c3c2NCC3)c1. The van der Waals surface area contributed by atoms with Crippen LogP contribution < -0.4 is 14.8 Å². The molecule has 2 aliphatic rings. The van der Waals surface area contributed by atoms with E-state index < -0.39 is 0 Å². The van der Waals surface area contributed by atoms with Gasteiger partial charge in [0.15, 0.2) is 11.5 Å². The lowest BCUT2D eigenvalue weighted by atomic mass is 10.1. The van der Waals surface area contributed by atoms with Crippen molar-refractivity contribution in [1.29, 1.82) is 0 Å². The smallest absolute Gasteiger partial charge is 0.231 e. The molecule has 1 N–H and O–H groups in total. The van der Waals surface area contributed by atoms with Gasteiger partial charge < -0.3 is 14.8 Å². The molecule has 0 aliphatic carbocycles. The molecule has 126 valence electrons. The van der Waals surface area contributed by atoms with Crippen molar-refractivity contribution in [3.05, 3.63) is 53.1 Å². The molecular formula is C20H19N3O2. The summed E-state index contributed by atoms with van der Waals surface area (Å²) in [6.07, 6.45) is 0.976. The Hall–Kier alpha value is -2.95. The topological polar surface area (TPSA) is 48.3 Å². The Morgan fingerprint density at radius 1 is 1.04 bits per heavy atom. The van der Waals surface area contributed by atoms with Gasteiger partial charge in [-0.3, -0.25) is 0 Å². The molecule has 5 nitrogen and oxygen atoms in total. The zero-order valence-electron chi connectivity index (χ0n) is 14.3. The van der Waals surface area contributed by atoms with E-state index in [9.17, 15) is 0 Å². The highest BCUT2D eigenvalue weighted by atomic mass is 16.7. The van der Waals surface area contributed by atoms with E-state index in [1.165, 1.54) is 16.7 Å². The third-order valence-corrected chi connectivity index (χ3v) is 4.89. The van der Waals surface area contributed by atoms with E-state index in [0.29, 0.717) is 0 Å². The number of benzene rings is 2. The average molecular weight is 333 g/mol. The zero-order chi connectivity index (χ0) is 17.0. The second-order valence-corrected chi connectivity index (χ2v) is 6.62. The van der Waals surface area contributed by atoms with Crippen molar-refractivity contribution >= 4 is 5.82 Å². The Morgan fingerprint density at radius 2 is 1.92 bits per heavy atom. The van der Waals surface area contributed by atoms with Crippen LogP contribution in [0.5, 0.6) is 11.5 Å². The summed E-state index contributed by atoms with van der Waals surface area (Å²) < 4.78 is 13.0. The van der Waals surface area contributed by atoms with E-state index >= 15 is 0 Å². The van der Waals surface area contributed by atoms with Crippen molar-refractivity contribution in [1.82, 2.24) is 9.78 Å². The molecular weight excluding hydrogens is 314 g/mol. The Bertz CT molecular complexity index is 991. The minimum absolute atomic E-state index is 0.287. The van der Waals surface area contributed by atoms with Crippen LogP contribution in [0.4, 0.5) is 5.82 Å². The highest BCUT2D eigenvalue weighted by molar-refractivity contribution is 5.75. The van der Waals surface area contributed by atoms with Crippen molar-refractivity contribution in [2.75, 3.05) is 18.7 Å². The third kappa shape index (κ3) is 2.19. The van der Waals surface area contributed by atoms with Gasteiger partial charge in [-0.25, -0.2) is 4.68 Å². The predicted molar refractivity (Wildman–Crippen MR) is 96.8 cm³/mol. The number of ether oxygens (including phenoxy) is 2. The summed E-state index contributed by atoms with van der Waals surface area (Å²) in [4.78, 5) is 0. The van der Waals surface area contributed by atoms with Crippen LogP contribution in [-0.2, 0) is 6.42 Å². The van der Waals surface area contributed by atoms with E-state index in [2.05, 4.69) is 43.4 Å². The molecule has 5 heteroatoms. The van der Waals surface area contributed by atoms with Crippen LogP contribution in [-0.4, -0.2) is 23.1 Å². The monoisotopic (exact) mass is 333 g/mol. The molecule has 3 aromatic rings. The number of hydrogen-bond acceptors (Lipinski definition) is 4. The first kappa shape index (κ1) is 14.4. The fourth-order valence-electron chi connectivity index (χ4n) is 3.57. The fourth-order valence-corrected chi connectivity index (χ4v) is 3.57. The molecule has 0 amide bonds. The fraction of sp³-hybridized carbons (Fsp3) is 0.250. The molecule has 0 atom stereocenters. The van der Waals surface area contributed by atoms with Crippen LogP contribution in [0.2, 0.25) is 0 Å². The largest absolute Gasteiger partial charge is 0.454 e. The standard InChI is InChI=1S/C20H19N3O2/c1-12-3-4-13(2)16(9-12)23-20-15(7-8-21-20)19(22-23)14-5-6-17-18(10-14)25-11-24-17/h3-6,9-10,21H,7-8,11H2,1-2H3. The van der Waals surface area contributed by atoms with Gasteiger partial charge in [0.25, 0.3) is 0 Å². The average Bonchev–Trinajstić information content (AvgIpc) is 3.31. The molecule has 0 saturated heterocycles. The first-order valence-electron chi connectivity index (χ1n) is 8.54. The number of nitrogens with one attached hydrogen (secondary N) is 1. The van der Waals surface area contributed by atoms with Gasteiger partial charge in [0, 0.05) is 17.7 Å². The van der Waals surface area contributed by atoms with E-state index in [0.717, 1.165) is 47.2 Å². The van der Waals surface area contributed by atoms with Crippen LogP contribution in [0.25, 0.3) is 16.9 Å². The van der Waals surface area contributed by atoms with Crippen LogP contribution in [0.3, 0.4) is 0 Å². The predicted octanol–water partition coefficient (Wildman–Crippen LogP) is 3.85. The third-order valence-electron chi connectivity index (χ3n) is 4.89. The normalized spacial score (nSPS) is 14.5. The van der Waals surface area contributed by atoms with Gasteiger partial charge in [0.2, 0.25) is 6.79 Å². The lowest BCUT2D eigenvalue weighted by Gasteiger charge is -2.10. The second kappa shape index (κ2) is 5.28. The minimum Gasteiger partial charge on any atom is -0.454 e. The molecule has 3 heterocycles. The van der Waals surface area contributed by atoms with Gasteiger partial charge in [-0.2, -0.15) is 5.10 Å².